The Balaban J connectivity index is 3.06. The van der Waals surface area contributed by atoms with E-state index in [0.717, 1.165) is 0 Å². The summed E-state index contributed by atoms with van der Waals surface area (Å²) in [5.41, 5.74) is 0. The van der Waals surface area contributed by atoms with E-state index in [2.05, 4.69) is 9.84 Å². The van der Waals surface area contributed by atoms with Crippen LogP contribution in [0.15, 0.2) is 0 Å². The van der Waals surface area contributed by atoms with Crippen LogP contribution in [0.25, 0.3) is 0 Å². The summed E-state index contributed by atoms with van der Waals surface area (Å²) >= 11 is 0. The Morgan fingerprint density at radius 3 is 1.85 bits per heavy atom. The topological polar surface area (TPSA) is 124 Å². The van der Waals surface area contributed by atoms with Gasteiger partial charge in [0.25, 0.3) is 0 Å². The highest BCUT2D eigenvalue weighted by Gasteiger charge is 2.12. The van der Waals surface area contributed by atoms with Crippen molar-refractivity contribution in [3.63, 3.8) is 0 Å². The first-order valence-electron chi connectivity index (χ1n) is 6.09. The quantitative estimate of drug-likeness (QED) is 0.300. The van der Waals surface area contributed by atoms with Crippen molar-refractivity contribution in [2.45, 2.75) is 6.92 Å². The third kappa shape index (κ3) is 17.5. The van der Waals surface area contributed by atoms with Crippen molar-refractivity contribution >= 4 is 13.7 Å². The second-order valence-electron chi connectivity index (χ2n) is 3.64. The van der Waals surface area contributed by atoms with Gasteiger partial charge in [-0.3, -0.25) is 9.32 Å². The Hall–Kier alpha value is -0.540. The molecule has 0 aromatic rings. The van der Waals surface area contributed by atoms with Gasteiger partial charge in [-0.05, 0) is 0 Å². The van der Waals surface area contributed by atoms with Crippen molar-refractivity contribution in [2.75, 3.05) is 52.8 Å². The van der Waals surface area contributed by atoms with Gasteiger partial charge in [0, 0.05) is 13.5 Å². The molecular formula is C10H22NO8P. The molecule has 0 spiro atoms. The fourth-order valence-electron chi connectivity index (χ4n) is 1.06. The zero-order valence-electron chi connectivity index (χ0n) is 11.4. The molecule has 0 aliphatic heterocycles. The Kier molecular flexibility index (Phi) is 11.9. The van der Waals surface area contributed by atoms with Gasteiger partial charge in [0.05, 0.1) is 46.2 Å². The normalized spacial score (nSPS) is 11.6. The fraction of sp³-hybridized carbons (Fsp3) is 0.900. The van der Waals surface area contributed by atoms with Gasteiger partial charge in [-0.15, -0.1) is 0 Å². The van der Waals surface area contributed by atoms with Crippen molar-refractivity contribution in [2.24, 2.45) is 0 Å². The zero-order chi connectivity index (χ0) is 15.3. The molecule has 0 aliphatic rings. The summed E-state index contributed by atoms with van der Waals surface area (Å²) < 4.78 is 29.9. The van der Waals surface area contributed by atoms with Gasteiger partial charge < -0.3 is 29.3 Å². The van der Waals surface area contributed by atoms with Crippen LogP contribution in [0, 0.1) is 0 Å². The molecule has 0 saturated carbocycles. The third-order valence-corrected chi connectivity index (χ3v) is 2.37. The van der Waals surface area contributed by atoms with Gasteiger partial charge in [0.1, 0.15) is 0 Å². The molecule has 0 bridgehead atoms. The van der Waals surface area contributed by atoms with E-state index in [1.54, 1.807) is 0 Å². The predicted octanol–water partition coefficient (Wildman–Crippen LogP) is -0.718. The van der Waals surface area contributed by atoms with Crippen LogP contribution in [0.3, 0.4) is 0 Å². The van der Waals surface area contributed by atoms with Crippen LogP contribution in [0.4, 0.5) is 0 Å². The SMILES string of the molecule is CC(=O)NCCOCCOCCOCCOP(=O)(O)O. The van der Waals surface area contributed by atoms with E-state index in [1.807, 2.05) is 0 Å². The molecule has 0 aromatic carbocycles. The number of phosphoric ester groups is 1. The van der Waals surface area contributed by atoms with Crippen LogP contribution in [0.1, 0.15) is 6.92 Å². The van der Waals surface area contributed by atoms with Crippen molar-refractivity contribution in [1.29, 1.82) is 0 Å². The molecule has 120 valence electrons. The Labute approximate surface area is 117 Å². The highest BCUT2D eigenvalue weighted by Crippen LogP contribution is 2.35. The number of amides is 1. The molecule has 20 heavy (non-hydrogen) atoms. The number of hydrogen-bond acceptors (Lipinski definition) is 6. The molecular weight excluding hydrogens is 293 g/mol. The molecule has 0 aromatic heterocycles. The van der Waals surface area contributed by atoms with E-state index >= 15 is 0 Å². The highest BCUT2D eigenvalue weighted by molar-refractivity contribution is 7.46. The molecule has 0 heterocycles. The van der Waals surface area contributed by atoms with E-state index in [9.17, 15) is 9.36 Å². The molecule has 0 fully saturated rings. The van der Waals surface area contributed by atoms with Gasteiger partial charge in [0.2, 0.25) is 5.91 Å². The first-order chi connectivity index (χ1) is 9.42. The summed E-state index contributed by atoms with van der Waals surface area (Å²) in [5.74, 6) is -0.0928. The minimum absolute atomic E-state index is 0.0850. The van der Waals surface area contributed by atoms with E-state index in [4.69, 9.17) is 24.0 Å². The summed E-state index contributed by atoms with van der Waals surface area (Å²) in [6, 6.07) is 0. The minimum atomic E-state index is -4.41. The fourth-order valence-corrected chi connectivity index (χ4v) is 1.37. The molecule has 3 N–H and O–H groups in total. The molecule has 10 heteroatoms. The number of phosphoric acid groups is 1. The molecule has 0 atom stereocenters. The Morgan fingerprint density at radius 1 is 0.950 bits per heavy atom. The van der Waals surface area contributed by atoms with E-state index < -0.39 is 7.82 Å². The summed E-state index contributed by atoms with van der Waals surface area (Å²) in [7, 11) is -4.41. The number of hydrogen-bond donors (Lipinski definition) is 3. The van der Waals surface area contributed by atoms with Crippen LogP contribution in [-0.4, -0.2) is 68.5 Å². The Morgan fingerprint density at radius 2 is 1.40 bits per heavy atom. The van der Waals surface area contributed by atoms with Crippen LogP contribution >= 0.6 is 7.82 Å². The summed E-state index contributed by atoms with van der Waals surface area (Å²) in [4.78, 5) is 27.3. The van der Waals surface area contributed by atoms with E-state index in [1.165, 1.54) is 6.92 Å². The van der Waals surface area contributed by atoms with Crippen LogP contribution in [0.2, 0.25) is 0 Å². The standard InChI is InChI=1S/C10H22NO8P/c1-10(12)11-2-3-16-4-5-17-6-7-18-8-9-19-20(13,14)15/h2-9H2,1H3,(H,11,12)(H2,13,14,15). The van der Waals surface area contributed by atoms with Crippen molar-refractivity contribution < 1.29 is 37.9 Å². The third-order valence-electron chi connectivity index (χ3n) is 1.85. The van der Waals surface area contributed by atoms with Crippen molar-refractivity contribution in [3.05, 3.63) is 0 Å². The van der Waals surface area contributed by atoms with E-state index in [0.29, 0.717) is 39.6 Å². The lowest BCUT2D eigenvalue weighted by Gasteiger charge is -2.07. The second-order valence-corrected chi connectivity index (χ2v) is 4.88. The largest absolute Gasteiger partial charge is 0.469 e. The van der Waals surface area contributed by atoms with E-state index in [-0.39, 0.29) is 19.1 Å². The van der Waals surface area contributed by atoms with Gasteiger partial charge in [0.15, 0.2) is 0 Å². The maximum Gasteiger partial charge on any atom is 0.469 e. The lowest BCUT2D eigenvalue weighted by atomic mass is 10.6. The first-order valence-corrected chi connectivity index (χ1v) is 7.62. The number of carbonyl (C=O) groups is 1. The minimum Gasteiger partial charge on any atom is -0.377 e. The Bertz CT molecular complexity index is 295. The van der Waals surface area contributed by atoms with Gasteiger partial charge >= 0.3 is 7.82 Å². The first kappa shape index (κ1) is 19.5. The molecule has 0 radical (unpaired) electrons. The van der Waals surface area contributed by atoms with Gasteiger partial charge in [-0.1, -0.05) is 0 Å². The van der Waals surface area contributed by atoms with Gasteiger partial charge in [-0.2, -0.15) is 0 Å². The maximum atomic E-state index is 10.5. The zero-order valence-corrected chi connectivity index (χ0v) is 12.3. The summed E-state index contributed by atoms with van der Waals surface area (Å²) in [6.45, 7) is 3.73. The second kappa shape index (κ2) is 12.2. The number of nitrogens with one attached hydrogen (secondary N) is 1. The molecule has 9 nitrogen and oxygen atoms in total. The van der Waals surface area contributed by atoms with Crippen LogP contribution in [0.5, 0.6) is 0 Å². The molecule has 0 rings (SSSR count). The van der Waals surface area contributed by atoms with Gasteiger partial charge in [-0.25, -0.2) is 4.57 Å². The lowest BCUT2D eigenvalue weighted by molar-refractivity contribution is -0.119. The number of ether oxygens (including phenoxy) is 3. The maximum absolute atomic E-state index is 10.5. The molecule has 0 unspecified atom stereocenters. The monoisotopic (exact) mass is 315 g/mol. The molecule has 0 aliphatic carbocycles. The van der Waals surface area contributed by atoms with Crippen LogP contribution < -0.4 is 5.32 Å². The highest BCUT2D eigenvalue weighted by atomic mass is 31.2. The predicted molar refractivity (Wildman–Crippen MR) is 69.1 cm³/mol. The van der Waals surface area contributed by atoms with Crippen molar-refractivity contribution in [3.8, 4) is 0 Å². The van der Waals surface area contributed by atoms with Crippen molar-refractivity contribution in [1.82, 2.24) is 5.32 Å². The summed E-state index contributed by atoms with van der Waals surface area (Å²) in [6.07, 6.45) is 0. The number of carbonyl (C=O) groups excluding carboxylic acids is 1. The average Bonchev–Trinajstić information content (AvgIpc) is 2.33. The average molecular weight is 315 g/mol. The summed E-state index contributed by atoms with van der Waals surface area (Å²) in [5, 5.41) is 2.59. The van der Waals surface area contributed by atoms with Crippen LogP contribution in [-0.2, 0) is 28.1 Å². The number of rotatable bonds is 13. The lowest BCUT2D eigenvalue weighted by Crippen LogP contribution is -2.25. The molecule has 0 saturated heterocycles. The molecule has 1 amide bonds. The smallest absolute Gasteiger partial charge is 0.377 e.